The highest BCUT2D eigenvalue weighted by atomic mass is 32.2. The summed E-state index contributed by atoms with van der Waals surface area (Å²) in [6.45, 7) is 0. The normalized spacial score (nSPS) is 12.3. The van der Waals surface area contributed by atoms with Crippen LogP contribution in [0.4, 0.5) is 11.4 Å². The molecule has 0 aliphatic carbocycles. The maximum atomic E-state index is 5.40. The van der Waals surface area contributed by atoms with Gasteiger partial charge in [0, 0.05) is 32.0 Å². The Labute approximate surface area is 215 Å². The molecule has 0 saturated heterocycles. The lowest BCUT2D eigenvalue weighted by molar-refractivity contribution is 1.30. The first kappa shape index (κ1) is 20.7. The van der Waals surface area contributed by atoms with Crippen LogP contribution in [0.2, 0.25) is 0 Å². The number of anilines is 2. The van der Waals surface area contributed by atoms with Gasteiger partial charge in [0.1, 0.15) is 11.0 Å². The van der Waals surface area contributed by atoms with Crippen LogP contribution in [0.3, 0.4) is 0 Å². The first-order valence-electron chi connectivity index (χ1n) is 11.2. The highest BCUT2D eigenvalue weighted by molar-refractivity contribution is 8.02. The maximum absolute atomic E-state index is 5.40. The molecule has 0 bridgehead atoms. The summed E-state index contributed by atoms with van der Waals surface area (Å²) >= 11 is 4.93. The van der Waals surface area contributed by atoms with Crippen molar-refractivity contribution in [3.8, 4) is 43.4 Å². The fraction of sp³-hybridized carbons (Fsp3) is 0. The van der Waals surface area contributed by atoms with Crippen LogP contribution in [-0.4, -0.2) is 9.97 Å². The minimum Gasteiger partial charge on any atom is -0.309 e. The quantitative estimate of drug-likeness (QED) is 0.234. The molecule has 0 unspecified atom stereocenters. The first-order valence-corrected chi connectivity index (χ1v) is 13.7. The number of hydrogen-bond donors (Lipinski definition) is 2. The first-order chi connectivity index (χ1) is 17.4. The molecule has 3 aromatic carbocycles. The van der Waals surface area contributed by atoms with Crippen molar-refractivity contribution in [3.63, 3.8) is 0 Å². The van der Waals surface area contributed by atoms with Crippen LogP contribution in [-0.2, 0) is 0 Å². The monoisotopic (exact) mass is 506 g/mol. The second-order valence-electron chi connectivity index (χ2n) is 8.11. The average Bonchev–Trinajstić information content (AvgIpc) is 3.71. The zero-order chi connectivity index (χ0) is 23.2. The van der Waals surface area contributed by atoms with E-state index in [1.807, 2.05) is 12.1 Å². The smallest absolute Gasteiger partial charge is 0.101 e. The van der Waals surface area contributed by atoms with Crippen molar-refractivity contribution in [2.24, 2.45) is 0 Å². The van der Waals surface area contributed by atoms with Crippen LogP contribution < -0.4 is 9.44 Å². The van der Waals surface area contributed by atoms with E-state index in [9.17, 15) is 0 Å². The largest absolute Gasteiger partial charge is 0.309 e. The molecule has 0 atom stereocenters. The van der Waals surface area contributed by atoms with Gasteiger partial charge in [0.25, 0.3) is 0 Å². The van der Waals surface area contributed by atoms with Gasteiger partial charge in [-0.25, -0.2) is 9.97 Å². The molecule has 4 heterocycles. The van der Waals surface area contributed by atoms with Gasteiger partial charge in [0.15, 0.2) is 0 Å². The molecule has 6 aromatic rings. The van der Waals surface area contributed by atoms with Crippen LogP contribution in [0, 0.1) is 0 Å². The van der Waals surface area contributed by atoms with Gasteiger partial charge in [-0.15, -0.1) is 22.7 Å². The lowest BCUT2D eigenvalue weighted by atomic mass is 9.98. The second-order valence-corrected chi connectivity index (χ2v) is 10.6. The van der Waals surface area contributed by atoms with Gasteiger partial charge in [-0.05, 0) is 22.9 Å². The summed E-state index contributed by atoms with van der Waals surface area (Å²) in [6.07, 6.45) is 0. The number of aromatic nitrogens is 2. The molecule has 0 saturated carbocycles. The molecule has 0 amide bonds. The van der Waals surface area contributed by atoms with E-state index >= 15 is 0 Å². The molecule has 3 aromatic heterocycles. The third-order valence-corrected chi connectivity index (χ3v) is 8.44. The zero-order valence-corrected chi connectivity index (χ0v) is 20.8. The van der Waals surface area contributed by atoms with Crippen LogP contribution in [0.1, 0.15) is 0 Å². The lowest BCUT2D eigenvalue weighted by Gasteiger charge is -2.18. The average molecular weight is 507 g/mol. The lowest BCUT2D eigenvalue weighted by Crippen LogP contribution is -2.00. The van der Waals surface area contributed by atoms with Crippen molar-refractivity contribution in [1.82, 2.24) is 9.97 Å². The number of thiophene rings is 2. The summed E-state index contributed by atoms with van der Waals surface area (Å²) in [5, 5.41) is 4.22. The van der Waals surface area contributed by atoms with Crippen LogP contribution in [0.25, 0.3) is 54.4 Å². The molecule has 35 heavy (non-hydrogen) atoms. The molecule has 0 spiro atoms. The molecule has 2 N–H and O–H groups in total. The highest BCUT2D eigenvalue weighted by Crippen LogP contribution is 2.53. The van der Waals surface area contributed by atoms with E-state index in [1.54, 1.807) is 22.7 Å². The van der Waals surface area contributed by atoms with Crippen molar-refractivity contribution in [2.75, 3.05) is 9.44 Å². The van der Waals surface area contributed by atoms with Crippen LogP contribution in [0.5, 0.6) is 0 Å². The molecule has 1 aliphatic heterocycles. The van der Waals surface area contributed by atoms with E-state index in [0.29, 0.717) is 0 Å². The predicted octanol–water partition coefficient (Wildman–Crippen LogP) is 8.82. The van der Waals surface area contributed by atoms with Gasteiger partial charge in [0.05, 0.1) is 34.9 Å². The number of benzene rings is 3. The van der Waals surface area contributed by atoms with E-state index in [0.717, 1.165) is 56.0 Å². The van der Waals surface area contributed by atoms with E-state index in [-0.39, 0.29) is 0 Å². The van der Waals surface area contributed by atoms with Gasteiger partial charge in [-0.3, -0.25) is 0 Å². The summed E-state index contributed by atoms with van der Waals surface area (Å²) in [4.78, 5) is 13.1. The molecular formula is C28H18N4S3. The third-order valence-electron chi connectivity index (χ3n) is 6.06. The number of rotatable bonds is 4. The van der Waals surface area contributed by atoms with E-state index in [1.165, 1.54) is 21.9 Å². The standard InChI is InChI=1S/C28H18N4S3/c1-3-9-17(10-4-1)23-24(18-11-5-2-6-12-18)30-26-22(20-14-8-16-34-20)28-27(31-35-32-28)21(25(26)29-23)19-13-7-15-33-19/h1-16,31-32H. The van der Waals surface area contributed by atoms with Gasteiger partial charge in [0.2, 0.25) is 0 Å². The minimum atomic E-state index is 0.887. The number of hydrogen-bond acceptors (Lipinski definition) is 7. The Bertz CT molecular complexity index is 1520. The predicted molar refractivity (Wildman–Crippen MR) is 152 cm³/mol. The molecule has 7 heteroatoms. The molecule has 0 radical (unpaired) electrons. The number of nitrogens with one attached hydrogen (secondary N) is 2. The van der Waals surface area contributed by atoms with Crippen LogP contribution >= 0.6 is 34.8 Å². The Balaban J connectivity index is 1.67. The van der Waals surface area contributed by atoms with E-state index < -0.39 is 0 Å². The van der Waals surface area contributed by atoms with Crippen molar-refractivity contribution in [2.45, 2.75) is 0 Å². The molecule has 168 valence electrons. The molecule has 7 rings (SSSR count). The Morgan fingerprint density at radius 3 is 1.37 bits per heavy atom. The second kappa shape index (κ2) is 8.53. The van der Waals surface area contributed by atoms with Crippen LogP contribution in [0.15, 0.2) is 95.7 Å². The van der Waals surface area contributed by atoms with Crippen molar-refractivity contribution >= 4 is 57.2 Å². The molecule has 0 fully saturated rings. The zero-order valence-electron chi connectivity index (χ0n) is 18.4. The number of fused-ring (bicyclic) bond motifs is 2. The third kappa shape index (κ3) is 3.43. The van der Waals surface area contributed by atoms with Gasteiger partial charge < -0.3 is 9.44 Å². The topological polar surface area (TPSA) is 49.8 Å². The molecular weight excluding hydrogens is 489 g/mol. The molecule has 4 nitrogen and oxygen atoms in total. The van der Waals surface area contributed by atoms with E-state index in [4.69, 9.17) is 9.97 Å². The summed E-state index contributed by atoms with van der Waals surface area (Å²) < 4.78 is 7.01. The van der Waals surface area contributed by atoms with Gasteiger partial charge >= 0.3 is 0 Å². The molecule has 1 aliphatic rings. The fourth-order valence-corrected chi connectivity index (χ4v) is 6.74. The Kier molecular flexibility index (Phi) is 5.05. The Morgan fingerprint density at radius 1 is 0.514 bits per heavy atom. The van der Waals surface area contributed by atoms with E-state index in [2.05, 4.69) is 93.0 Å². The fourth-order valence-electron chi connectivity index (χ4n) is 4.52. The number of nitrogens with zero attached hydrogens (tertiary/aromatic N) is 2. The highest BCUT2D eigenvalue weighted by Gasteiger charge is 2.29. The maximum Gasteiger partial charge on any atom is 0.101 e. The van der Waals surface area contributed by atoms with Gasteiger partial charge in [-0.2, -0.15) is 0 Å². The summed E-state index contributed by atoms with van der Waals surface area (Å²) in [5.41, 5.74) is 10.0. The SMILES string of the molecule is c1ccc(-c2nc3c(-c4cccs4)c4c(c(-c5cccs5)c3nc2-c2ccccc2)NSN4)cc1. The van der Waals surface area contributed by atoms with Crippen molar-refractivity contribution < 1.29 is 0 Å². The van der Waals surface area contributed by atoms with Crippen molar-refractivity contribution in [3.05, 3.63) is 95.7 Å². The Hall–Kier alpha value is -3.65. The summed E-state index contributed by atoms with van der Waals surface area (Å²) in [5.74, 6) is 0. The summed E-state index contributed by atoms with van der Waals surface area (Å²) in [7, 11) is 0. The Morgan fingerprint density at radius 2 is 0.971 bits per heavy atom. The minimum absolute atomic E-state index is 0.887. The van der Waals surface area contributed by atoms with Gasteiger partial charge in [-0.1, -0.05) is 72.8 Å². The van der Waals surface area contributed by atoms with Crippen molar-refractivity contribution in [1.29, 1.82) is 0 Å². The summed E-state index contributed by atoms with van der Waals surface area (Å²) in [6, 6.07) is 29.2.